The molecule has 0 aliphatic heterocycles. The Morgan fingerprint density at radius 1 is 1.33 bits per heavy atom. The molecule has 15 heavy (non-hydrogen) atoms. The number of hydrogen-bond donors (Lipinski definition) is 1. The zero-order valence-electron chi connectivity index (χ0n) is 8.75. The summed E-state index contributed by atoms with van der Waals surface area (Å²) in [4.78, 5) is 0. The number of fused-ring (bicyclic) bond motifs is 1. The first-order chi connectivity index (χ1) is 7.06. The second kappa shape index (κ2) is 3.54. The SMILES string of the molecule is CC(C)(CO)c1c(Cl)ccc2occc12. The van der Waals surface area contributed by atoms with Gasteiger partial charge in [0.25, 0.3) is 0 Å². The van der Waals surface area contributed by atoms with Crippen LogP contribution in [0.3, 0.4) is 0 Å². The smallest absolute Gasteiger partial charge is 0.134 e. The van der Waals surface area contributed by atoms with E-state index in [2.05, 4.69) is 0 Å². The lowest BCUT2D eigenvalue weighted by Crippen LogP contribution is -2.22. The molecule has 2 nitrogen and oxygen atoms in total. The quantitative estimate of drug-likeness (QED) is 0.849. The molecule has 0 saturated heterocycles. The average Bonchev–Trinajstić information content (AvgIpc) is 2.64. The summed E-state index contributed by atoms with van der Waals surface area (Å²) in [5, 5.41) is 11.0. The van der Waals surface area contributed by atoms with Crippen LogP contribution in [0.5, 0.6) is 0 Å². The van der Waals surface area contributed by atoms with Crippen LogP contribution in [-0.2, 0) is 5.41 Å². The van der Waals surface area contributed by atoms with Gasteiger partial charge >= 0.3 is 0 Å². The molecular weight excluding hydrogens is 212 g/mol. The van der Waals surface area contributed by atoms with Crippen molar-refractivity contribution in [2.45, 2.75) is 19.3 Å². The van der Waals surface area contributed by atoms with Gasteiger partial charge in [-0.1, -0.05) is 25.4 Å². The standard InChI is InChI=1S/C12H13ClO2/c1-12(2,7-14)11-8-5-6-15-10(8)4-3-9(11)13/h3-6,14H,7H2,1-2H3. The molecule has 1 aromatic heterocycles. The number of rotatable bonds is 2. The highest BCUT2D eigenvalue weighted by Gasteiger charge is 2.25. The van der Waals surface area contributed by atoms with Crippen molar-refractivity contribution >= 4 is 22.6 Å². The van der Waals surface area contributed by atoms with E-state index in [0.717, 1.165) is 16.5 Å². The maximum Gasteiger partial charge on any atom is 0.134 e. The average molecular weight is 225 g/mol. The van der Waals surface area contributed by atoms with Gasteiger partial charge in [0.05, 0.1) is 12.9 Å². The first-order valence-electron chi connectivity index (χ1n) is 4.83. The third-order valence-electron chi connectivity index (χ3n) is 2.66. The Labute approximate surface area is 93.5 Å². The molecule has 0 spiro atoms. The zero-order valence-corrected chi connectivity index (χ0v) is 9.51. The van der Waals surface area contributed by atoms with Gasteiger partial charge < -0.3 is 9.52 Å². The minimum absolute atomic E-state index is 0.0526. The van der Waals surface area contributed by atoms with E-state index >= 15 is 0 Å². The number of benzene rings is 1. The number of halogens is 1. The summed E-state index contributed by atoms with van der Waals surface area (Å²) >= 11 is 6.17. The van der Waals surface area contributed by atoms with Gasteiger partial charge in [-0.3, -0.25) is 0 Å². The Kier molecular flexibility index (Phi) is 2.49. The predicted octanol–water partition coefficient (Wildman–Crippen LogP) is 3.36. The molecule has 0 aliphatic carbocycles. The van der Waals surface area contributed by atoms with Crippen molar-refractivity contribution in [2.24, 2.45) is 0 Å². The van der Waals surface area contributed by atoms with Gasteiger partial charge in [-0.25, -0.2) is 0 Å². The van der Waals surface area contributed by atoms with Crippen molar-refractivity contribution in [1.82, 2.24) is 0 Å². The summed E-state index contributed by atoms with van der Waals surface area (Å²) in [5.74, 6) is 0. The number of aliphatic hydroxyl groups is 1. The van der Waals surface area contributed by atoms with Crippen LogP contribution in [0.2, 0.25) is 5.02 Å². The van der Waals surface area contributed by atoms with E-state index in [1.54, 1.807) is 12.3 Å². The third-order valence-corrected chi connectivity index (χ3v) is 2.97. The van der Waals surface area contributed by atoms with E-state index < -0.39 is 0 Å². The van der Waals surface area contributed by atoms with Crippen molar-refractivity contribution < 1.29 is 9.52 Å². The number of aliphatic hydroxyl groups excluding tert-OH is 1. The van der Waals surface area contributed by atoms with E-state index in [0.29, 0.717) is 5.02 Å². The number of hydrogen-bond acceptors (Lipinski definition) is 2. The first-order valence-corrected chi connectivity index (χ1v) is 5.21. The van der Waals surface area contributed by atoms with Gasteiger partial charge in [0.2, 0.25) is 0 Å². The minimum atomic E-state index is -0.361. The number of furan rings is 1. The van der Waals surface area contributed by atoms with Crippen LogP contribution >= 0.6 is 11.6 Å². The normalized spacial score (nSPS) is 12.3. The summed E-state index contributed by atoms with van der Waals surface area (Å²) in [6.07, 6.45) is 1.64. The van der Waals surface area contributed by atoms with Crippen LogP contribution in [0, 0.1) is 0 Å². The molecule has 0 unspecified atom stereocenters. The van der Waals surface area contributed by atoms with Crippen molar-refractivity contribution in [3.05, 3.63) is 35.0 Å². The van der Waals surface area contributed by atoms with Gasteiger partial charge in [0.15, 0.2) is 0 Å². The fourth-order valence-electron chi connectivity index (χ4n) is 1.78. The Hall–Kier alpha value is -0.990. The highest BCUT2D eigenvalue weighted by Crippen LogP contribution is 2.36. The highest BCUT2D eigenvalue weighted by atomic mass is 35.5. The largest absolute Gasteiger partial charge is 0.464 e. The molecular formula is C12H13ClO2. The van der Waals surface area contributed by atoms with E-state index in [-0.39, 0.29) is 12.0 Å². The van der Waals surface area contributed by atoms with Crippen molar-refractivity contribution in [3.8, 4) is 0 Å². The maximum absolute atomic E-state index is 9.38. The topological polar surface area (TPSA) is 33.4 Å². The Morgan fingerprint density at radius 2 is 2.07 bits per heavy atom. The van der Waals surface area contributed by atoms with Crippen molar-refractivity contribution in [3.63, 3.8) is 0 Å². The minimum Gasteiger partial charge on any atom is -0.464 e. The van der Waals surface area contributed by atoms with E-state index in [9.17, 15) is 5.11 Å². The van der Waals surface area contributed by atoms with Crippen LogP contribution < -0.4 is 0 Å². The molecule has 2 aromatic rings. The van der Waals surface area contributed by atoms with Crippen LogP contribution in [-0.4, -0.2) is 11.7 Å². The molecule has 1 N–H and O–H groups in total. The molecule has 0 amide bonds. The molecule has 2 rings (SSSR count). The Bertz CT molecular complexity index is 485. The van der Waals surface area contributed by atoms with Gasteiger partial charge in [0, 0.05) is 15.8 Å². The summed E-state index contributed by atoms with van der Waals surface area (Å²) in [6.45, 7) is 3.97. The van der Waals surface area contributed by atoms with Gasteiger partial charge in [-0.05, 0) is 23.8 Å². The second-order valence-corrected chi connectivity index (χ2v) is 4.70. The van der Waals surface area contributed by atoms with Crippen LogP contribution in [0.1, 0.15) is 19.4 Å². The molecule has 0 saturated carbocycles. The summed E-state index contributed by atoms with van der Waals surface area (Å²) in [7, 11) is 0. The molecule has 1 heterocycles. The lowest BCUT2D eigenvalue weighted by Gasteiger charge is -2.24. The van der Waals surface area contributed by atoms with Crippen molar-refractivity contribution in [2.75, 3.05) is 6.61 Å². The molecule has 0 aliphatic rings. The Balaban J connectivity index is 2.77. The fourth-order valence-corrected chi connectivity index (χ4v) is 2.20. The first kappa shape index (κ1) is 10.5. The molecule has 3 heteroatoms. The lowest BCUT2D eigenvalue weighted by atomic mass is 9.83. The molecule has 0 fully saturated rings. The third kappa shape index (κ3) is 1.64. The summed E-state index contributed by atoms with van der Waals surface area (Å²) in [5.41, 5.74) is 1.38. The van der Waals surface area contributed by atoms with Crippen LogP contribution in [0.25, 0.3) is 11.0 Å². The van der Waals surface area contributed by atoms with Gasteiger partial charge in [-0.15, -0.1) is 0 Å². The predicted molar refractivity (Wildman–Crippen MR) is 61.3 cm³/mol. The van der Waals surface area contributed by atoms with Crippen molar-refractivity contribution in [1.29, 1.82) is 0 Å². The summed E-state index contributed by atoms with van der Waals surface area (Å²) in [6, 6.07) is 5.53. The zero-order chi connectivity index (χ0) is 11.1. The molecule has 80 valence electrons. The Morgan fingerprint density at radius 3 is 2.73 bits per heavy atom. The molecule has 0 atom stereocenters. The maximum atomic E-state index is 9.38. The van der Waals surface area contributed by atoms with E-state index in [1.165, 1.54) is 0 Å². The molecule has 0 bridgehead atoms. The van der Waals surface area contributed by atoms with Gasteiger partial charge in [0.1, 0.15) is 5.58 Å². The van der Waals surface area contributed by atoms with E-state index in [1.807, 2.05) is 26.0 Å². The van der Waals surface area contributed by atoms with E-state index in [4.69, 9.17) is 16.0 Å². The van der Waals surface area contributed by atoms with Crippen LogP contribution in [0.4, 0.5) is 0 Å². The fraction of sp³-hybridized carbons (Fsp3) is 0.333. The van der Waals surface area contributed by atoms with Crippen LogP contribution in [0.15, 0.2) is 28.9 Å². The monoisotopic (exact) mass is 224 g/mol. The lowest BCUT2D eigenvalue weighted by molar-refractivity contribution is 0.219. The van der Waals surface area contributed by atoms with Gasteiger partial charge in [-0.2, -0.15) is 0 Å². The second-order valence-electron chi connectivity index (χ2n) is 4.30. The molecule has 0 radical (unpaired) electrons. The highest BCUT2D eigenvalue weighted by molar-refractivity contribution is 6.32. The summed E-state index contributed by atoms with van der Waals surface area (Å²) < 4.78 is 5.31. The molecule has 1 aromatic carbocycles.